The molecule has 0 aromatic heterocycles. The first-order valence-corrected chi connectivity index (χ1v) is 9.63. The number of fused-ring (bicyclic) bond motifs is 1. The average Bonchev–Trinajstić information content (AvgIpc) is 2.96. The molecule has 5 heteroatoms. The van der Waals surface area contributed by atoms with Gasteiger partial charge in [-0.15, -0.1) is 0 Å². The van der Waals surface area contributed by atoms with Crippen molar-refractivity contribution in [3.8, 4) is 5.75 Å². The predicted octanol–water partition coefficient (Wildman–Crippen LogP) is 2.77. The van der Waals surface area contributed by atoms with E-state index < -0.39 is 0 Å². The van der Waals surface area contributed by atoms with Gasteiger partial charge in [-0.25, -0.2) is 0 Å². The summed E-state index contributed by atoms with van der Waals surface area (Å²) in [5.74, 6) is 0.900. The van der Waals surface area contributed by atoms with E-state index in [0.717, 1.165) is 56.0 Å². The van der Waals surface area contributed by atoms with Crippen molar-refractivity contribution in [1.29, 1.82) is 0 Å². The van der Waals surface area contributed by atoms with E-state index in [9.17, 15) is 4.79 Å². The highest BCUT2D eigenvalue weighted by atomic mass is 16.5. The molecule has 4 rings (SSSR count). The number of hydrogen-bond donors (Lipinski definition) is 0. The highest BCUT2D eigenvalue weighted by Crippen LogP contribution is 2.30. The number of carbonyl (C=O) groups is 1. The van der Waals surface area contributed by atoms with Gasteiger partial charge in [0.2, 0.25) is 0 Å². The van der Waals surface area contributed by atoms with Crippen LogP contribution in [-0.2, 0) is 17.6 Å². The van der Waals surface area contributed by atoms with Crippen molar-refractivity contribution in [3.05, 3.63) is 59.2 Å². The molecule has 0 radical (unpaired) electrons. The topological polar surface area (TPSA) is 42.0 Å². The van der Waals surface area contributed by atoms with Gasteiger partial charge in [0.25, 0.3) is 5.91 Å². The lowest BCUT2D eigenvalue weighted by atomic mass is 10.0. The third kappa shape index (κ3) is 3.78. The third-order valence-corrected chi connectivity index (χ3v) is 5.49. The van der Waals surface area contributed by atoms with E-state index in [0.29, 0.717) is 13.2 Å². The first-order valence-electron chi connectivity index (χ1n) is 9.63. The molecule has 1 fully saturated rings. The Morgan fingerprint density at radius 2 is 1.63 bits per heavy atom. The Morgan fingerprint density at radius 3 is 2.26 bits per heavy atom. The highest BCUT2D eigenvalue weighted by molar-refractivity contribution is 5.95. The summed E-state index contributed by atoms with van der Waals surface area (Å²) in [5.41, 5.74) is 4.42. The largest absolute Gasteiger partial charge is 0.495 e. The molecule has 2 aliphatic rings. The summed E-state index contributed by atoms with van der Waals surface area (Å²) in [4.78, 5) is 17.4. The molecule has 142 valence electrons. The van der Waals surface area contributed by atoms with Crippen LogP contribution in [0.25, 0.3) is 0 Å². The number of benzene rings is 2. The lowest BCUT2D eigenvalue weighted by Gasteiger charge is -2.30. The molecule has 2 heterocycles. The monoisotopic (exact) mass is 366 g/mol. The molecule has 0 unspecified atom stereocenters. The molecule has 0 saturated carbocycles. The van der Waals surface area contributed by atoms with Crippen molar-refractivity contribution in [2.45, 2.75) is 12.8 Å². The number of nitrogens with zero attached hydrogens (tertiary/aromatic N) is 2. The molecule has 2 aromatic carbocycles. The van der Waals surface area contributed by atoms with Gasteiger partial charge in [-0.05, 0) is 42.2 Å². The van der Waals surface area contributed by atoms with Crippen LogP contribution in [0.4, 0.5) is 5.69 Å². The maximum atomic E-state index is 13.2. The molecule has 1 saturated heterocycles. The van der Waals surface area contributed by atoms with Crippen molar-refractivity contribution in [3.63, 3.8) is 0 Å². The molecule has 0 N–H and O–H groups in total. The van der Waals surface area contributed by atoms with Crippen LogP contribution in [0.5, 0.6) is 5.75 Å². The molecule has 0 spiro atoms. The molecule has 2 aromatic rings. The average molecular weight is 366 g/mol. The first-order chi connectivity index (χ1) is 13.3. The van der Waals surface area contributed by atoms with Crippen LogP contribution in [0.2, 0.25) is 0 Å². The Balaban J connectivity index is 1.55. The van der Waals surface area contributed by atoms with Crippen molar-refractivity contribution < 1.29 is 14.3 Å². The smallest absolute Gasteiger partial charge is 0.253 e. The van der Waals surface area contributed by atoms with Crippen LogP contribution in [0.1, 0.15) is 21.5 Å². The van der Waals surface area contributed by atoms with E-state index in [-0.39, 0.29) is 5.91 Å². The molecule has 27 heavy (non-hydrogen) atoms. The van der Waals surface area contributed by atoms with Gasteiger partial charge in [-0.1, -0.05) is 24.3 Å². The lowest BCUT2D eigenvalue weighted by Crippen LogP contribution is -2.37. The first kappa shape index (κ1) is 17.9. The minimum absolute atomic E-state index is 0.0972. The van der Waals surface area contributed by atoms with Crippen molar-refractivity contribution in [2.24, 2.45) is 0 Å². The Kier molecular flexibility index (Phi) is 5.30. The molecule has 1 amide bonds. The summed E-state index contributed by atoms with van der Waals surface area (Å²) in [6.45, 7) is 4.54. The number of methoxy groups -OCH3 is 1. The fourth-order valence-electron chi connectivity index (χ4n) is 3.93. The predicted molar refractivity (Wildman–Crippen MR) is 106 cm³/mol. The van der Waals surface area contributed by atoms with Gasteiger partial charge in [0.15, 0.2) is 0 Å². The molecule has 0 atom stereocenters. The molecular formula is C22H26N2O3. The number of ether oxygens (including phenoxy) is 2. The summed E-state index contributed by atoms with van der Waals surface area (Å²) in [7, 11) is 1.67. The van der Waals surface area contributed by atoms with Crippen LogP contribution >= 0.6 is 0 Å². The second-order valence-electron chi connectivity index (χ2n) is 7.05. The van der Waals surface area contributed by atoms with Crippen LogP contribution in [0.15, 0.2) is 42.5 Å². The fraction of sp³-hybridized carbons (Fsp3) is 0.409. The summed E-state index contributed by atoms with van der Waals surface area (Å²) in [6.07, 6.45) is 1.82. The van der Waals surface area contributed by atoms with Crippen molar-refractivity contribution >= 4 is 11.6 Å². The minimum atomic E-state index is 0.0972. The van der Waals surface area contributed by atoms with Crippen LogP contribution in [-0.4, -0.2) is 57.3 Å². The van der Waals surface area contributed by atoms with Gasteiger partial charge in [0.05, 0.1) is 26.0 Å². The summed E-state index contributed by atoms with van der Waals surface area (Å²) >= 11 is 0. The van der Waals surface area contributed by atoms with E-state index in [1.807, 2.05) is 23.1 Å². The molecule has 2 aliphatic heterocycles. The zero-order chi connectivity index (χ0) is 18.6. The number of amides is 1. The van der Waals surface area contributed by atoms with Gasteiger partial charge < -0.3 is 19.3 Å². The molecule has 0 bridgehead atoms. The summed E-state index contributed by atoms with van der Waals surface area (Å²) < 4.78 is 11.0. The normalized spacial score (nSPS) is 17.2. The van der Waals surface area contributed by atoms with Crippen molar-refractivity contribution in [1.82, 2.24) is 4.90 Å². The Bertz CT molecular complexity index is 788. The zero-order valence-corrected chi connectivity index (χ0v) is 15.8. The second-order valence-corrected chi connectivity index (χ2v) is 7.05. The number of morpholine rings is 1. The van der Waals surface area contributed by atoms with Gasteiger partial charge >= 0.3 is 0 Å². The summed E-state index contributed by atoms with van der Waals surface area (Å²) in [5, 5.41) is 0. The maximum Gasteiger partial charge on any atom is 0.253 e. The third-order valence-electron chi connectivity index (χ3n) is 5.49. The van der Waals surface area contributed by atoms with Crippen LogP contribution in [0.3, 0.4) is 0 Å². The SMILES string of the molecule is COc1ccc(C(=O)N2CCc3ccccc3CC2)cc1N1CCOCC1. The Morgan fingerprint density at radius 1 is 0.963 bits per heavy atom. The highest BCUT2D eigenvalue weighted by Gasteiger charge is 2.22. The number of anilines is 1. The van der Waals surface area contributed by atoms with Gasteiger partial charge in [-0.3, -0.25) is 4.79 Å². The zero-order valence-electron chi connectivity index (χ0n) is 15.8. The van der Waals surface area contributed by atoms with Gasteiger partial charge in [-0.2, -0.15) is 0 Å². The molecular weight excluding hydrogens is 340 g/mol. The van der Waals surface area contributed by atoms with E-state index in [1.54, 1.807) is 7.11 Å². The molecule has 0 aliphatic carbocycles. The van der Waals surface area contributed by atoms with E-state index in [2.05, 4.69) is 29.2 Å². The number of hydrogen-bond acceptors (Lipinski definition) is 4. The van der Waals surface area contributed by atoms with Crippen LogP contribution in [0, 0.1) is 0 Å². The Hall–Kier alpha value is -2.53. The lowest BCUT2D eigenvalue weighted by molar-refractivity contribution is 0.0763. The van der Waals surface area contributed by atoms with E-state index >= 15 is 0 Å². The molecule has 5 nitrogen and oxygen atoms in total. The Labute approximate surface area is 160 Å². The standard InChI is InChI=1S/C22H26N2O3/c1-26-21-7-6-19(16-20(21)23-12-14-27-15-13-23)22(25)24-10-8-17-4-2-3-5-18(17)9-11-24/h2-7,16H,8-15H2,1H3. The van der Waals surface area contributed by atoms with E-state index in [1.165, 1.54) is 11.1 Å². The number of carbonyl (C=O) groups excluding carboxylic acids is 1. The van der Waals surface area contributed by atoms with Crippen LogP contribution < -0.4 is 9.64 Å². The second kappa shape index (κ2) is 8.01. The fourth-order valence-corrected chi connectivity index (χ4v) is 3.93. The van der Waals surface area contributed by atoms with Gasteiger partial charge in [0, 0.05) is 31.7 Å². The minimum Gasteiger partial charge on any atom is -0.495 e. The van der Waals surface area contributed by atoms with Gasteiger partial charge in [0.1, 0.15) is 5.75 Å². The van der Waals surface area contributed by atoms with E-state index in [4.69, 9.17) is 9.47 Å². The van der Waals surface area contributed by atoms with Crippen molar-refractivity contribution in [2.75, 3.05) is 51.4 Å². The maximum absolute atomic E-state index is 13.2. The number of rotatable bonds is 3. The summed E-state index contributed by atoms with van der Waals surface area (Å²) in [6, 6.07) is 14.3. The quantitative estimate of drug-likeness (QED) is 0.838.